The molecule has 1 atom stereocenters. The Morgan fingerprint density at radius 3 is 2.62 bits per heavy atom. The quantitative estimate of drug-likeness (QED) is 0.703. The second-order valence-corrected chi connectivity index (χ2v) is 6.57. The van der Waals surface area contributed by atoms with Gasteiger partial charge in [0.05, 0.1) is 11.6 Å². The van der Waals surface area contributed by atoms with Gasteiger partial charge in [-0.1, -0.05) is 6.07 Å². The third-order valence-corrected chi connectivity index (χ3v) is 4.72. The molecule has 0 spiro atoms. The average molecular weight is 368 g/mol. The third-order valence-electron chi connectivity index (χ3n) is 3.64. The highest BCUT2D eigenvalue weighted by Gasteiger charge is 2.21. The van der Waals surface area contributed by atoms with Gasteiger partial charge in [-0.2, -0.15) is 5.26 Å². The number of hydrogen-bond donors (Lipinski definition) is 1. The summed E-state index contributed by atoms with van der Waals surface area (Å²) in [6, 6.07) is 14.3. The van der Waals surface area contributed by atoms with Crippen LogP contribution in [0.3, 0.4) is 0 Å². The predicted molar refractivity (Wildman–Crippen MR) is 96.4 cm³/mol. The fourth-order valence-electron chi connectivity index (χ4n) is 2.27. The molecule has 0 aliphatic rings. The molecule has 26 heavy (non-hydrogen) atoms. The molecule has 2 aromatic carbocycles. The van der Waals surface area contributed by atoms with Crippen LogP contribution < -0.4 is 5.32 Å². The van der Waals surface area contributed by atoms with Crippen LogP contribution in [0.1, 0.15) is 22.2 Å². The number of nitrogens with zero attached hydrogens (tertiary/aromatic N) is 1. The van der Waals surface area contributed by atoms with E-state index in [4.69, 9.17) is 10.00 Å². The number of thiophene rings is 1. The lowest BCUT2D eigenvalue weighted by molar-refractivity contribution is -0.123. The number of fused-ring (bicyclic) bond motifs is 1. The van der Waals surface area contributed by atoms with Crippen LogP contribution in [0.2, 0.25) is 0 Å². The second kappa shape index (κ2) is 7.33. The van der Waals surface area contributed by atoms with Gasteiger partial charge in [-0.25, -0.2) is 9.18 Å². The molecule has 3 aromatic rings. The predicted octanol–water partition coefficient (Wildman–Crippen LogP) is 4.10. The number of halogens is 1. The van der Waals surface area contributed by atoms with Crippen molar-refractivity contribution in [1.82, 2.24) is 0 Å². The smallest absolute Gasteiger partial charge is 0.349 e. The van der Waals surface area contributed by atoms with Crippen LogP contribution in [0.25, 0.3) is 10.1 Å². The monoisotopic (exact) mass is 368 g/mol. The molecule has 0 radical (unpaired) electrons. The van der Waals surface area contributed by atoms with Crippen molar-refractivity contribution in [3.05, 3.63) is 64.8 Å². The van der Waals surface area contributed by atoms with Crippen molar-refractivity contribution in [2.24, 2.45) is 0 Å². The van der Waals surface area contributed by atoms with Crippen molar-refractivity contribution >= 4 is 39.0 Å². The molecule has 1 heterocycles. The van der Waals surface area contributed by atoms with E-state index in [1.807, 2.05) is 6.07 Å². The number of nitriles is 1. The molecule has 5 nitrogen and oxygen atoms in total. The molecule has 0 aliphatic carbocycles. The average Bonchev–Trinajstić information content (AvgIpc) is 3.08. The summed E-state index contributed by atoms with van der Waals surface area (Å²) in [5.74, 6) is -1.60. The first kappa shape index (κ1) is 17.6. The maximum atomic E-state index is 13.7. The van der Waals surface area contributed by atoms with E-state index in [1.54, 1.807) is 36.4 Å². The molecule has 1 N–H and O–H groups in total. The van der Waals surface area contributed by atoms with E-state index in [1.165, 1.54) is 19.1 Å². The highest BCUT2D eigenvalue weighted by molar-refractivity contribution is 7.20. The van der Waals surface area contributed by atoms with Crippen LogP contribution >= 0.6 is 11.3 Å². The molecule has 7 heteroatoms. The van der Waals surface area contributed by atoms with E-state index in [0.717, 1.165) is 11.3 Å². The topological polar surface area (TPSA) is 79.2 Å². The first-order valence-corrected chi connectivity index (χ1v) is 8.49. The molecule has 0 saturated carbocycles. The standard InChI is InChI=1S/C19H13FN2O3S/c1-11(18(23)22-13-7-5-12(10-21)6-8-13)25-19(24)17-9-14-15(20)3-2-4-16(14)26-17/h2-9,11H,1H3,(H,22,23)/t11-/m1/s1. The zero-order valence-electron chi connectivity index (χ0n) is 13.7. The zero-order valence-corrected chi connectivity index (χ0v) is 14.5. The zero-order chi connectivity index (χ0) is 18.7. The molecule has 0 unspecified atom stereocenters. The SMILES string of the molecule is C[C@@H](OC(=O)c1cc2c(F)cccc2s1)C(=O)Nc1ccc(C#N)cc1. The van der Waals surface area contributed by atoms with Crippen molar-refractivity contribution in [2.75, 3.05) is 5.32 Å². The molecule has 0 fully saturated rings. The van der Waals surface area contributed by atoms with Crippen LogP contribution in [0, 0.1) is 17.1 Å². The van der Waals surface area contributed by atoms with Crippen LogP contribution in [0.4, 0.5) is 10.1 Å². The van der Waals surface area contributed by atoms with Gasteiger partial charge < -0.3 is 10.1 Å². The second-order valence-electron chi connectivity index (χ2n) is 5.49. The Balaban J connectivity index is 1.66. The molecule has 3 rings (SSSR count). The van der Waals surface area contributed by atoms with Crippen molar-refractivity contribution in [3.63, 3.8) is 0 Å². The van der Waals surface area contributed by atoms with Crippen LogP contribution in [-0.2, 0) is 9.53 Å². The number of esters is 1. The van der Waals surface area contributed by atoms with Gasteiger partial charge in [0.15, 0.2) is 6.10 Å². The summed E-state index contributed by atoms with van der Waals surface area (Å²) < 4.78 is 19.5. The molecule has 1 aromatic heterocycles. The van der Waals surface area contributed by atoms with E-state index in [-0.39, 0.29) is 4.88 Å². The Labute approximate surface area is 152 Å². The minimum absolute atomic E-state index is 0.225. The van der Waals surface area contributed by atoms with Crippen molar-refractivity contribution in [3.8, 4) is 6.07 Å². The summed E-state index contributed by atoms with van der Waals surface area (Å²) in [7, 11) is 0. The highest BCUT2D eigenvalue weighted by atomic mass is 32.1. The van der Waals surface area contributed by atoms with Gasteiger partial charge in [0.25, 0.3) is 5.91 Å². The number of anilines is 1. The van der Waals surface area contributed by atoms with Gasteiger partial charge in [-0.05, 0) is 49.4 Å². The molecular formula is C19H13FN2O3S. The highest BCUT2D eigenvalue weighted by Crippen LogP contribution is 2.28. The number of nitrogens with one attached hydrogen (secondary N) is 1. The summed E-state index contributed by atoms with van der Waals surface area (Å²) in [6.07, 6.45) is -1.03. The molecule has 0 aliphatic heterocycles. The number of rotatable bonds is 4. The first-order valence-electron chi connectivity index (χ1n) is 7.68. The van der Waals surface area contributed by atoms with Gasteiger partial charge in [0, 0.05) is 15.8 Å². The van der Waals surface area contributed by atoms with Crippen LogP contribution in [0.15, 0.2) is 48.5 Å². The maximum Gasteiger partial charge on any atom is 0.349 e. The third kappa shape index (κ3) is 3.71. The Kier molecular flexibility index (Phi) is 4.96. The van der Waals surface area contributed by atoms with Crippen molar-refractivity contribution < 1.29 is 18.7 Å². The van der Waals surface area contributed by atoms with Gasteiger partial charge in [-0.3, -0.25) is 4.79 Å². The Morgan fingerprint density at radius 1 is 1.23 bits per heavy atom. The number of benzene rings is 2. The van der Waals surface area contributed by atoms with Gasteiger partial charge >= 0.3 is 5.97 Å². The van der Waals surface area contributed by atoms with Crippen molar-refractivity contribution in [2.45, 2.75) is 13.0 Å². The lowest BCUT2D eigenvalue weighted by Gasteiger charge is -2.13. The lowest BCUT2D eigenvalue weighted by Crippen LogP contribution is -2.29. The first-order chi connectivity index (χ1) is 12.5. The minimum Gasteiger partial charge on any atom is -0.448 e. The Bertz CT molecular complexity index is 1020. The molecule has 1 amide bonds. The van der Waals surface area contributed by atoms with E-state index in [0.29, 0.717) is 21.3 Å². The normalized spacial score (nSPS) is 11.6. The molecule has 0 saturated heterocycles. The number of amides is 1. The van der Waals surface area contributed by atoms with Gasteiger partial charge in [0.2, 0.25) is 0 Å². The maximum absolute atomic E-state index is 13.7. The van der Waals surface area contributed by atoms with Crippen LogP contribution in [0.5, 0.6) is 0 Å². The van der Waals surface area contributed by atoms with E-state index in [9.17, 15) is 14.0 Å². The van der Waals surface area contributed by atoms with E-state index < -0.39 is 23.8 Å². The Hall–Kier alpha value is -3.24. The van der Waals surface area contributed by atoms with Gasteiger partial charge in [-0.15, -0.1) is 11.3 Å². The molecular weight excluding hydrogens is 355 g/mol. The van der Waals surface area contributed by atoms with E-state index in [2.05, 4.69) is 5.32 Å². The fourth-order valence-corrected chi connectivity index (χ4v) is 3.23. The number of ether oxygens (including phenoxy) is 1. The number of carbonyl (C=O) groups is 2. The largest absolute Gasteiger partial charge is 0.448 e. The van der Waals surface area contributed by atoms with Crippen molar-refractivity contribution in [1.29, 1.82) is 5.26 Å². The Morgan fingerprint density at radius 2 is 1.96 bits per heavy atom. The molecule has 130 valence electrons. The number of hydrogen-bond acceptors (Lipinski definition) is 5. The summed E-state index contributed by atoms with van der Waals surface area (Å²) >= 11 is 1.10. The van der Waals surface area contributed by atoms with E-state index >= 15 is 0 Å². The summed E-state index contributed by atoms with van der Waals surface area (Å²) in [5.41, 5.74) is 0.959. The molecule has 0 bridgehead atoms. The summed E-state index contributed by atoms with van der Waals surface area (Å²) in [5, 5.41) is 11.7. The minimum atomic E-state index is -1.03. The van der Waals surface area contributed by atoms with Gasteiger partial charge in [0.1, 0.15) is 10.7 Å². The number of carbonyl (C=O) groups excluding carboxylic acids is 2. The summed E-state index contributed by atoms with van der Waals surface area (Å²) in [6.45, 7) is 1.45. The summed E-state index contributed by atoms with van der Waals surface area (Å²) in [4.78, 5) is 24.6. The van der Waals surface area contributed by atoms with Crippen LogP contribution in [-0.4, -0.2) is 18.0 Å². The lowest BCUT2D eigenvalue weighted by atomic mass is 10.2. The fraction of sp³-hybridized carbons (Fsp3) is 0.105.